The number of hydrogen-bond acceptors (Lipinski definition) is 11. The van der Waals surface area contributed by atoms with E-state index in [2.05, 4.69) is 18.5 Å². The summed E-state index contributed by atoms with van der Waals surface area (Å²) >= 11 is 0. The van der Waals surface area contributed by atoms with Crippen LogP contribution in [0, 0.1) is 5.92 Å². The third kappa shape index (κ3) is 6.47. The summed E-state index contributed by atoms with van der Waals surface area (Å²) in [5, 5.41) is 21.2. The van der Waals surface area contributed by atoms with Crippen LogP contribution in [0.3, 0.4) is 0 Å². The number of aliphatic hydroxyl groups is 2. The molecule has 0 radical (unpaired) electrons. The summed E-state index contributed by atoms with van der Waals surface area (Å²) in [4.78, 5) is 46.3. The van der Waals surface area contributed by atoms with E-state index in [0.29, 0.717) is 4.57 Å². The Hall–Kier alpha value is -2.13. The first-order valence-corrected chi connectivity index (χ1v) is 11.1. The molecule has 1 fully saturated rings. The van der Waals surface area contributed by atoms with E-state index >= 15 is 0 Å². The van der Waals surface area contributed by atoms with Crippen LogP contribution < -0.4 is 11.2 Å². The van der Waals surface area contributed by atoms with Crippen LogP contribution in [0.5, 0.6) is 0 Å². The van der Waals surface area contributed by atoms with Crippen LogP contribution in [0.1, 0.15) is 27.0 Å². The second kappa shape index (κ2) is 10.4. The molecule has 1 aromatic heterocycles. The predicted octanol–water partition coefficient (Wildman–Crippen LogP) is -0.214. The molecule has 1 aliphatic rings. The minimum Gasteiger partial charge on any atom is -0.434 e. The van der Waals surface area contributed by atoms with Gasteiger partial charge in [0.2, 0.25) is 6.79 Å². The maximum Gasteiger partial charge on any atom is 0.510 e. The monoisotopic (exact) mass is 500 g/mol. The van der Waals surface area contributed by atoms with Crippen molar-refractivity contribution in [3.63, 3.8) is 0 Å². The van der Waals surface area contributed by atoms with Crippen LogP contribution in [0.15, 0.2) is 21.9 Å². The molecule has 0 amide bonds. The first kappa shape index (κ1) is 27.1. The lowest BCUT2D eigenvalue weighted by atomic mass is 9.88. The summed E-state index contributed by atoms with van der Waals surface area (Å²) in [6.45, 7) is 0.953. The molecule has 0 bridgehead atoms. The van der Waals surface area contributed by atoms with Crippen molar-refractivity contribution >= 4 is 14.0 Å². The maximum absolute atomic E-state index is 14.0. The summed E-state index contributed by atoms with van der Waals surface area (Å²) < 4.78 is 50.3. The van der Waals surface area contributed by atoms with E-state index in [0.717, 1.165) is 19.2 Å². The third-order valence-corrected chi connectivity index (χ3v) is 5.51. The average molecular weight is 500 g/mol. The maximum atomic E-state index is 14.0. The van der Waals surface area contributed by atoms with E-state index in [4.69, 9.17) is 4.74 Å². The smallest absolute Gasteiger partial charge is 0.434 e. The number of hydrogen-bond donors (Lipinski definition) is 4. The van der Waals surface area contributed by atoms with Crippen molar-refractivity contribution in [3.05, 3.63) is 33.1 Å². The Morgan fingerprint density at radius 2 is 2.03 bits per heavy atom. The quantitative estimate of drug-likeness (QED) is 0.188. The topological polar surface area (TPSA) is 196 Å². The summed E-state index contributed by atoms with van der Waals surface area (Å²) in [5.41, 5.74) is -6.46. The number of H-pyrrole nitrogens is 1. The van der Waals surface area contributed by atoms with Gasteiger partial charge in [-0.2, -0.15) is 0 Å². The van der Waals surface area contributed by atoms with Gasteiger partial charge in [-0.15, -0.1) is 0 Å². The van der Waals surface area contributed by atoms with Crippen LogP contribution >= 0.6 is 7.82 Å². The van der Waals surface area contributed by atoms with E-state index < -0.39 is 68.8 Å². The number of alkyl halides is 1. The number of nitrogens with zero attached hydrogens (tertiary/aromatic N) is 1. The van der Waals surface area contributed by atoms with Gasteiger partial charge >= 0.3 is 19.7 Å². The van der Waals surface area contributed by atoms with Gasteiger partial charge in [-0.3, -0.25) is 18.9 Å². The van der Waals surface area contributed by atoms with Gasteiger partial charge in [0.25, 0.3) is 5.56 Å². The Bertz CT molecular complexity index is 995. The zero-order chi connectivity index (χ0) is 25.0. The Kier molecular flexibility index (Phi) is 8.57. The fourth-order valence-electron chi connectivity index (χ4n) is 2.93. The lowest BCUT2D eigenvalue weighted by Gasteiger charge is -2.30. The molecule has 188 valence electrons. The molecule has 33 heavy (non-hydrogen) atoms. The highest BCUT2D eigenvalue weighted by atomic mass is 31.2. The number of aliphatic hydroxyl groups excluding tert-OH is 1. The molecular weight excluding hydrogens is 474 g/mol. The standard InChI is InChI=1S/C17H26FN2O12P/c1-10(2)6-28-15(24)29-9-31-33(26,27)30-8-17(7-18)12(22)16(3,25)13(32-17)20-5-4-11(21)19-14(20)23/h4-5,10,12-13,22,25H,6-9H2,1-3H3,(H,26,27)(H,19,21,23)/t12-,13?,16+,17+/m0/s1. The zero-order valence-electron chi connectivity index (χ0n) is 18.0. The van der Waals surface area contributed by atoms with E-state index in [9.17, 15) is 38.4 Å². The molecule has 0 saturated carbocycles. The Balaban J connectivity index is 2.07. The lowest BCUT2D eigenvalue weighted by molar-refractivity contribution is -0.139. The van der Waals surface area contributed by atoms with Crippen molar-refractivity contribution in [2.24, 2.45) is 5.92 Å². The number of carbonyl (C=O) groups excluding carboxylic acids is 1. The number of rotatable bonds is 10. The van der Waals surface area contributed by atoms with Gasteiger partial charge < -0.3 is 29.3 Å². The molecule has 4 N–H and O–H groups in total. The largest absolute Gasteiger partial charge is 0.510 e. The summed E-state index contributed by atoms with van der Waals surface area (Å²) in [7, 11) is -4.96. The lowest BCUT2D eigenvalue weighted by Crippen LogP contribution is -2.53. The van der Waals surface area contributed by atoms with Crippen molar-refractivity contribution in [2.75, 3.05) is 26.7 Å². The van der Waals surface area contributed by atoms with E-state index in [1.807, 2.05) is 4.98 Å². The minimum absolute atomic E-state index is 0.0218. The second-order valence-corrected chi connectivity index (χ2v) is 9.36. The van der Waals surface area contributed by atoms with Crippen LogP contribution in [-0.4, -0.2) is 74.8 Å². The van der Waals surface area contributed by atoms with Gasteiger partial charge in [-0.25, -0.2) is 23.1 Å². The van der Waals surface area contributed by atoms with E-state index in [1.54, 1.807) is 13.8 Å². The van der Waals surface area contributed by atoms with Crippen LogP contribution in [0.2, 0.25) is 0 Å². The van der Waals surface area contributed by atoms with Crippen molar-refractivity contribution < 1.29 is 52.1 Å². The predicted molar refractivity (Wildman–Crippen MR) is 106 cm³/mol. The van der Waals surface area contributed by atoms with Gasteiger partial charge in [-0.05, 0) is 12.8 Å². The first-order chi connectivity index (χ1) is 15.2. The number of halogens is 1. The number of nitrogens with one attached hydrogen (secondary N) is 1. The molecule has 2 rings (SSSR count). The van der Waals surface area contributed by atoms with Crippen LogP contribution in [0.4, 0.5) is 9.18 Å². The molecule has 0 aromatic carbocycles. The molecule has 2 heterocycles. The minimum atomic E-state index is -4.96. The molecule has 5 atom stereocenters. The number of phosphoric ester groups is 1. The second-order valence-electron chi connectivity index (χ2n) is 7.90. The van der Waals surface area contributed by atoms with E-state index in [1.165, 1.54) is 0 Å². The van der Waals surface area contributed by atoms with Crippen LogP contribution in [-0.2, 0) is 27.8 Å². The van der Waals surface area contributed by atoms with Crippen molar-refractivity contribution in [1.29, 1.82) is 0 Å². The molecule has 16 heteroatoms. The first-order valence-electron chi connectivity index (χ1n) is 9.61. The Morgan fingerprint density at radius 3 is 2.61 bits per heavy atom. The normalized spacial score (nSPS) is 29.1. The molecule has 1 aromatic rings. The number of aromatic amines is 1. The van der Waals surface area contributed by atoms with Gasteiger partial charge in [0, 0.05) is 12.3 Å². The molecular formula is C17H26FN2O12P. The summed E-state index contributed by atoms with van der Waals surface area (Å²) in [6, 6.07) is 0.932. The van der Waals surface area contributed by atoms with Crippen molar-refractivity contribution in [1.82, 2.24) is 9.55 Å². The zero-order valence-corrected chi connectivity index (χ0v) is 18.9. The average Bonchev–Trinajstić information content (AvgIpc) is 2.92. The van der Waals surface area contributed by atoms with Gasteiger partial charge in [0.1, 0.15) is 18.4 Å². The number of aromatic nitrogens is 2. The Labute approximate surface area is 186 Å². The van der Waals surface area contributed by atoms with Gasteiger partial charge in [-0.1, -0.05) is 13.8 Å². The van der Waals surface area contributed by atoms with Gasteiger partial charge in [0.05, 0.1) is 13.2 Å². The SMILES string of the molecule is CC(C)COC(=O)OCOP(=O)(O)OC[C@@]1(CF)OC(n2ccc(=O)[nH]c2=O)[C@](C)(O)[C@@H]1O. The highest BCUT2D eigenvalue weighted by Gasteiger charge is 2.62. The highest BCUT2D eigenvalue weighted by Crippen LogP contribution is 2.49. The third-order valence-electron chi connectivity index (χ3n) is 4.63. The number of carbonyl (C=O) groups is 1. The van der Waals surface area contributed by atoms with E-state index in [-0.39, 0.29) is 12.5 Å². The summed E-state index contributed by atoms with van der Waals surface area (Å²) in [6.07, 6.45) is -3.96. The molecule has 0 spiro atoms. The summed E-state index contributed by atoms with van der Waals surface area (Å²) in [5.74, 6) is 0.0218. The molecule has 2 unspecified atom stereocenters. The molecule has 14 nitrogen and oxygen atoms in total. The number of ether oxygens (including phenoxy) is 3. The van der Waals surface area contributed by atoms with Crippen molar-refractivity contribution in [2.45, 2.75) is 44.3 Å². The highest BCUT2D eigenvalue weighted by molar-refractivity contribution is 7.47. The Morgan fingerprint density at radius 1 is 1.36 bits per heavy atom. The molecule has 0 aliphatic carbocycles. The number of phosphoric acid groups is 1. The fourth-order valence-corrected chi connectivity index (χ4v) is 3.57. The molecule has 1 aliphatic heterocycles. The van der Waals surface area contributed by atoms with Crippen LogP contribution in [0.25, 0.3) is 0 Å². The van der Waals surface area contributed by atoms with Crippen molar-refractivity contribution in [3.8, 4) is 0 Å². The van der Waals surface area contributed by atoms with Gasteiger partial charge in [0.15, 0.2) is 11.8 Å². The fraction of sp³-hybridized carbons (Fsp3) is 0.706. The molecule has 1 saturated heterocycles.